The van der Waals surface area contributed by atoms with Crippen LogP contribution in [-0.2, 0) is 0 Å². The number of carbonyl (C=O) groups excluding carboxylic acids is 1. The number of hydrogen-bond acceptors (Lipinski definition) is 3. The number of nitrogens with one attached hydrogen (secondary N) is 2. The molecule has 5 nitrogen and oxygen atoms in total. The topological polar surface area (TPSA) is 58.4 Å². The Labute approximate surface area is 122 Å². The van der Waals surface area contributed by atoms with E-state index in [4.69, 9.17) is 6.42 Å². The third kappa shape index (κ3) is 1.99. The second kappa shape index (κ2) is 4.61. The zero-order valence-electron chi connectivity index (χ0n) is 11.5. The number of carbonyl (C=O) groups is 1. The predicted octanol–water partition coefficient (Wildman–Crippen LogP) is 0.796. The van der Waals surface area contributed by atoms with Crippen molar-refractivity contribution in [3.63, 3.8) is 0 Å². The molecule has 0 spiro atoms. The molecule has 2 aromatic rings. The van der Waals surface area contributed by atoms with E-state index in [1.165, 1.54) is 0 Å². The zero-order valence-corrected chi connectivity index (χ0v) is 11.5. The second-order valence-corrected chi connectivity index (χ2v) is 5.86. The van der Waals surface area contributed by atoms with Gasteiger partial charge in [0, 0.05) is 18.3 Å². The number of fused-ring (bicyclic) bond motifs is 3. The summed E-state index contributed by atoms with van der Waals surface area (Å²) in [4.78, 5) is 16.6. The fourth-order valence-corrected chi connectivity index (χ4v) is 3.49. The quantitative estimate of drug-likeness (QED) is 0.800. The number of terminal acetylenes is 1. The van der Waals surface area contributed by atoms with Crippen LogP contribution < -0.4 is 10.6 Å². The predicted molar refractivity (Wildman–Crippen MR) is 78.9 cm³/mol. The molecule has 2 N–H and O–H groups in total. The van der Waals surface area contributed by atoms with Crippen molar-refractivity contribution >= 4 is 11.4 Å². The molecule has 21 heavy (non-hydrogen) atoms. The molecule has 2 aliphatic rings. The molecule has 2 aromatic heterocycles. The summed E-state index contributed by atoms with van der Waals surface area (Å²) < 4.78 is 1.82. The molecule has 0 radical (unpaired) electrons. The summed E-state index contributed by atoms with van der Waals surface area (Å²) in [6.07, 6.45) is 11.1. The van der Waals surface area contributed by atoms with E-state index in [1.807, 2.05) is 16.5 Å². The zero-order chi connectivity index (χ0) is 14.4. The third-order valence-corrected chi connectivity index (χ3v) is 4.56. The SMILES string of the molecule is C#Cc1ccc2cnc(C(=O)NC3CC4CNC3C4)cn12. The van der Waals surface area contributed by atoms with E-state index in [-0.39, 0.29) is 11.9 Å². The lowest BCUT2D eigenvalue weighted by molar-refractivity contribution is 0.0923. The Balaban J connectivity index is 1.58. The Hall–Kier alpha value is -2.32. The highest BCUT2D eigenvalue weighted by atomic mass is 16.2. The molecular weight excluding hydrogens is 264 g/mol. The average Bonchev–Trinajstić information content (AvgIpc) is 3.21. The molecule has 2 bridgehead atoms. The molecule has 4 rings (SSSR count). The minimum Gasteiger partial charge on any atom is -0.346 e. The van der Waals surface area contributed by atoms with Gasteiger partial charge in [0.25, 0.3) is 5.91 Å². The maximum atomic E-state index is 12.4. The summed E-state index contributed by atoms with van der Waals surface area (Å²) in [7, 11) is 0. The van der Waals surface area contributed by atoms with E-state index in [9.17, 15) is 4.79 Å². The summed E-state index contributed by atoms with van der Waals surface area (Å²) in [5.41, 5.74) is 2.02. The van der Waals surface area contributed by atoms with Crippen molar-refractivity contribution in [3.8, 4) is 12.3 Å². The van der Waals surface area contributed by atoms with Crippen molar-refractivity contribution in [1.82, 2.24) is 20.0 Å². The molecular formula is C16H16N4O. The summed E-state index contributed by atoms with van der Waals surface area (Å²) in [6.45, 7) is 1.08. The lowest BCUT2D eigenvalue weighted by Gasteiger charge is -2.23. The van der Waals surface area contributed by atoms with Gasteiger partial charge >= 0.3 is 0 Å². The van der Waals surface area contributed by atoms with Crippen LogP contribution in [0.5, 0.6) is 0 Å². The normalized spacial score (nSPS) is 26.9. The third-order valence-electron chi connectivity index (χ3n) is 4.56. The minimum atomic E-state index is -0.132. The molecule has 1 aliphatic heterocycles. The monoisotopic (exact) mass is 280 g/mol. The summed E-state index contributed by atoms with van der Waals surface area (Å²) >= 11 is 0. The van der Waals surface area contributed by atoms with Crippen molar-refractivity contribution in [2.45, 2.75) is 24.9 Å². The number of piperidine rings is 1. The molecule has 3 unspecified atom stereocenters. The van der Waals surface area contributed by atoms with Gasteiger partial charge in [-0.2, -0.15) is 0 Å². The van der Waals surface area contributed by atoms with Gasteiger partial charge < -0.3 is 15.0 Å². The van der Waals surface area contributed by atoms with Gasteiger partial charge in [0.2, 0.25) is 0 Å². The first-order valence-electron chi connectivity index (χ1n) is 7.22. The molecule has 106 valence electrons. The van der Waals surface area contributed by atoms with E-state index in [1.54, 1.807) is 12.4 Å². The molecule has 5 heteroatoms. The largest absolute Gasteiger partial charge is 0.346 e. The Morgan fingerprint density at radius 2 is 2.38 bits per heavy atom. The highest BCUT2D eigenvalue weighted by Gasteiger charge is 2.40. The molecule has 1 amide bonds. The van der Waals surface area contributed by atoms with Crippen LogP contribution in [-0.4, -0.2) is 33.9 Å². The van der Waals surface area contributed by atoms with Crippen molar-refractivity contribution < 1.29 is 4.79 Å². The van der Waals surface area contributed by atoms with Crippen molar-refractivity contribution in [2.24, 2.45) is 5.92 Å². The van der Waals surface area contributed by atoms with Crippen LogP contribution in [0.25, 0.3) is 5.52 Å². The van der Waals surface area contributed by atoms with E-state index in [2.05, 4.69) is 21.5 Å². The van der Waals surface area contributed by atoms with Gasteiger partial charge in [-0.1, -0.05) is 5.92 Å². The number of nitrogens with zero attached hydrogens (tertiary/aromatic N) is 2. The Morgan fingerprint density at radius 1 is 1.48 bits per heavy atom. The fraction of sp³-hybridized carbons (Fsp3) is 0.375. The summed E-state index contributed by atoms with van der Waals surface area (Å²) in [5.74, 6) is 3.18. The maximum Gasteiger partial charge on any atom is 0.271 e. The van der Waals surface area contributed by atoms with Crippen LogP contribution in [0.1, 0.15) is 29.0 Å². The van der Waals surface area contributed by atoms with Crippen molar-refractivity contribution in [3.05, 3.63) is 35.9 Å². The van der Waals surface area contributed by atoms with E-state index >= 15 is 0 Å². The Morgan fingerprint density at radius 3 is 3.10 bits per heavy atom. The maximum absolute atomic E-state index is 12.4. The standard InChI is InChI=1S/C16H16N4O/c1-2-11-3-4-12-8-18-15(9-20(11)12)16(21)19-14-6-10-5-13(14)17-7-10/h1,3-4,8-10,13-14,17H,5-7H2,(H,19,21). The van der Waals surface area contributed by atoms with Crippen LogP contribution in [0.15, 0.2) is 24.5 Å². The van der Waals surface area contributed by atoms with Crippen LogP contribution in [0, 0.1) is 18.3 Å². The van der Waals surface area contributed by atoms with Gasteiger partial charge in [0.15, 0.2) is 0 Å². The van der Waals surface area contributed by atoms with Crippen LogP contribution in [0.3, 0.4) is 0 Å². The van der Waals surface area contributed by atoms with Crippen LogP contribution in [0.2, 0.25) is 0 Å². The van der Waals surface area contributed by atoms with Crippen LogP contribution >= 0.6 is 0 Å². The number of hydrogen-bond donors (Lipinski definition) is 2. The van der Waals surface area contributed by atoms with Crippen molar-refractivity contribution in [1.29, 1.82) is 0 Å². The molecule has 3 atom stereocenters. The lowest BCUT2D eigenvalue weighted by atomic mass is 10.1. The van der Waals surface area contributed by atoms with Gasteiger partial charge in [-0.3, -0.25) is 4.79 Å². The van der Waals surface area contributed by atoms with Gasteiger partial charge in [-0.25, -0.2) is 4.98 Å². The molecule has 2 fully saturated rings. The molecule has 1 aliphatic carbocycles. The molecule has 0 aromatic carbocycles. The highest BCUT2D eigenvalue weighted by molar-refractivity contribution is 5.92. The summed E-state index contributed by atoms with van der Waals surface area (Å²) in [5, 5.41) is 6.53. The second-order valence-electron chi connectivity index (χ2n) is 5.86. The highest BCUT2D eigenvalue weighted by Crippen LogP contribution is 2.31. The number of aromatic nitrogens is 2. The van der Waals surface area contributed by atoms with Crippen LogP contribution in [0.4, 0.5) is 0 Å². The molecule has 1 saturated carbocycles. The Kier molecular flexibility index (Phi) is 2.72. The lowest BCUT2D eigenvalue weighted by Crippen LogP contribution is -2.48. The Bertz CT molecular complexity index is 757. The van der Waals surface area contributed by atoms with E-state index in [0.29, 0.717) is 17.7 Å². The van der Waals surface area contributed by atoms with Gasteiger partial charge in [0.1, 0.15) is 5.69 Å². The number of rotatable bonds is 2. The van der Waals surface area contributed by atoms with E-state index in [0.717, 1.165) is 30.6 Å². The van der Waals surface area contributed by atoms with Gasteiger partial charge in [-0.15, -0.1) is 6.42 Å². The first-order valence-corrected chi connectivity index (χ1v) is 7.22. The average molecular weight is 280 g/mol. The first kappa shape index (κ1) is 12.4. The van der Waals surface area contributed by atoms with Gasteiger partial charge in [0.05, 0.1) is 17.4 Å². The first-order chi connectivity index (χ1) is 10.2. The smallest absolute Gasteiger partial charge is 0.271 e. The number of amides is 1. The molecule has 3 heterocycles. The minimum absolute atomic E-state index is 0.132. The summed E-state index contributed by atoms with van der Waals surface area (Å²) in [6, 6.07) is 4.36. The fourth-order valence-electron chi connectivity index (χ4n) is 3.49. The van der Waals surface area contributed by atoms with E-state index < -0.39 is 0 Å². The molecule has 1 saturated heterocycles. The van der Waals surface area contributed by atoms with Gasteiger partial charge in [-0.05, 0) is 37.4 Å². The van der Waals surface area contributed by atoms with Crippen molar-refractivity contribution in [2.75, 3.05) is 6.54 Å².